The number of nitrogens with zero attached hydrogens (tertiary/aromatic N) is 5. The van der Waals surface area contributed by atoms with Gasteiger partial charge in [-0.1, -0.05) is 24.8 Å². The van der Waals surface area contributed by atoms with Crippen LogP contribution in [-0.2, 0) is 11.8 Å². The van der Waals surface area contributed by atoms with Gasteiger partial charge in [-0.3, -0.25) is 4.79 Å². The second-order valence-corrected chi connectivity index (χ2v) is 9.70. The molecule has 4 aromatic rings. The molecule has 2 aromatic carbocycles. The van der Waals surface area contributed by atoms with Gasteiger partial charge in [0.25, 0.3) is 0 Å². The number of rotatable bonds is 8. The van der Waals surface area contributed by atoms with E-state index in [0.29, 0.717) is 29.0 Å². The number of hydrogen-bond donors (Lipinski definition) is 2. The van der Waals surface area contributed by atoms with Gasteiger partial charge in [-0.05, 0) is 38.7 Å². The van der Waals surface area contributed by atoms with Crippen LogP contribution in [0.2, 0.25) is 0 Å². The molecule has 0 unspecified atom stereocenters. The largest absolute Gasteiger partial charge is 0.494 e. The first-order valence-electron chi connectivity index (χ1n) is 12.6. The van der Waals surface area contributed by atoms with Crippen molar-refractivity contribution in [3.05, 3.63) is 67.6 Å². The molecule has 1 fully saturated rings. The number of hydrogen-bond acceptors (Lipinski definition) is 7. The Morgan fingerprint density at radius 1 is 1.18 bits per heavy atom. The Labute approximate surface area is 222 Å². The second-order valence-electron chi connectivity index (χ2n) is 9.70. The number of carbonyl (C=O) groups excluding carboxylic acids is 1. The Hall–Kier alpha value is -4.37. The van der Waals surface area contributed by atoms with E-state index in [1.54, 1.807) is 13.4 Å². The highest BCUT2D eigenvalue weighted by Gasteiger charge is 2.27. The lowest BCUT2D eigenvalue weighted by molar-refractivity contribution is -0.111. The number of para-hydroxylation sites is 1. The zero-order chi connectivity index (χ0) is 26.8. The third kappa shape index (κ3) is 4.92. The fourth-order valence-corrected chi connectivity index (χ4v) is 5.02. The summed E-state index contributed by atoms with van der Waals surface area (Å²) in [6.07, 6.45) is 5.94. The molecule has 1 saturated heterocycles. The summed E-state index contributed by atoms with van der Waals surface area (Å²) in [6, 6.07) is 14.4. The minimum atomic E-state index is -0.272. The van der Waals surface area contributed by atoms with Crippen LogP contribution in [0, 0.1) is 0 Å². The summed E-state index contributed by atoms with van der Waals surface area (Å²) in [5, 5.41) is 7.48. The third-order valence-electron chi connectivity index (χ3n) is 7.10. The Bertz CT molecular complexity index is 1490. The molecule has 1 aliphatic rings. The van der Waals surface area contributed by atoms with E-state index in [4.69, 9.17) is 4.74 Å². The second kappa shape index (κ2) is 10.5. The number of amides is 1. The van der Waals surface area contributed by atoms with Crippen LogP contribution in [0.15, 0.2) is 67.6 Å². The first kappa shape index (κ1) is 25.3. The van der Waals surface area contributed by atoms with Crippen LogP contribution in [0.25, 0.3) is 22.2 Å². The summed E-state index contributed by atoms with van der Waals surface area (Å²) >= 11 is 0. The van der Waals surface area contributed by atoms with E-state index in [-0.39, 0.29) is 5.91 Å². The van der Waals surface area contributed by atoms with Crippen molar-refractivity contribution in [2.45, 2.75) is 12.5 Å². The van der Waals surface area contributed by atoms with E-state index >= 15 is 0 Å². The number of aryl methyl sites for hydroxylation is 1. The summed E-state index contributed by atoms with van der Waals surface area (Å²) in [5.41, 5.74) is 5.24. The molecule has 9 heteroatoms. The maximum absolute atomic E-state index is 12.3. The van der Waals surface area contributed by atoms with E-state index in [0.717, 1.165) is 47.4 Å². The highest BCUT2D eigenvalue weighted by molar-refractivity contribution is 6.02. The number of methoxy groups -OCH3 is 1. The molecule has 0 spiro atoms. The number of aromatic nitrogens is 3. The lowest BCUT2D eigenvalue weighted by Crippen LogP contribution is -2.31. The highest BCUT2D eigenvalue weighted by atomic mass is 16.5. The van der Waals surface area contributed by atoms with Gasteiger partial charge >= 0.3 is 0 Å². The molecule has 2 aromatic heterocycles. The van der Waals surface area contributed by atoms with Gasteiger partial charge in [-0.2, -0.15) is 0 Å². The van der Waals surface area contributed by atoms with E-state index < -0.39 is 0 Å². The molecule has 1 aliphatic heterocycles. The molecule has 2 N–H and O–H groups in total. The van der Waals surface area contributed by atoms with Crippen molar-refractivity contribution in [1.82, 2.24) is 19.4 Å². The fraction of sp³-hybridized carbons (Fsp3) is 0.276. The van der Waals surface area contributed by atoms with Gasteiger partial charge in [-0.15, -0.1) is 0 Å². The van der Waals surface area contributed by atoms with E-state index in [2.05, 4.69) is 74.0 Å². The first-order chi connectivity index (χ1) is 18.4. The van der Waals surface area contributed by atoms with Crippen molar-refractivity contribution in [2.24, 2.45) is 7.05 Å². The minimum Gasteiger partial charge on any atom is -0.494 e. The molecule has 196 valence electrons. The smallest absolute Gasteiger partial charge is 0.247 e. The molecule has 5 rings (SSSR count). The van der Waals surface area contributed by atoms with Gasteiger partial charge < -0.3 is 29.7 Å². The molecule has 3 heterocycles. The molecule has 0 saturated carbocycles. The predicted molar refractivity (Wildman–Crippen MR) is 153 cm³/mol. The number of anilines is 4. The van der Waals surface area contributed by atoms with Crippen LogP contribution in [-0.4, -0.2) is 65.7 Å². The SMILES string of the molecule is C=CC(=O)Nc1cc(Nc2cc(-c3cn(C)c4ccccc34)ncn2)c(OC)cc1N1CC[C@H](N(C)C)C1. The lowest BCUT2D eigenvalue weighted by Gasteiger charge is -2.25. The topological polar surface area (TPSA) is 87.5 Å². The van der Waals surface area contributed by atoms with Crippen LogP contribution in [0.4, 0.5) is 22.9 Å². The molecule has 1 amide bonds. The van der Waals surface area contributed by atoms with Gasteiger partial charge in [0.1, 0.15) is 17.9 Å². The van der Waals surface area contributed by atoms with Gasteiger partial charge in [0.05, 0.1) is 29.9 Å². The summed E-state index contributed by atoms with van der Waals surface area (Å²) in [7, 11) is 7.85. The summed E-state index contributed by atoms with van der Waals surface area (Å²) in [6.45, 7) is 5.36. The van der Waals surface area contributed by atoms with Crippen molar-refractivity contribution >= 4 is 39.7 Å². The first-order valence-corrected chi connectivity index (χ1v) is 12.6. The Morgan fingerprint density at radius 2 is 2.00 bits per heavy atom. The van der Waals surface area contributed by atoms with Crippen LogP contribution in [0.1, 0.15) is 6.42 Å². The van der Waals surface area contributed by atoms with E-state index in [9.17, 15) is 4.79 Å². The van der Waals surface area contributed by atoms with Crippen molar-refractivity contribution in [2.75, 3.05) is 49.8 Å². The third-order valence-corrected chi connectivity index (χ3v) is 7.10. The molecular weight excluding hydrogens is 478 g/mol. The number of fused-ring (bicyclic) bond motifs is 1. The van der Waals surface area contributed by atoms with Crippen LogP contribution in [0.5, 0.6) is 5.75 Å². The van der Waals surface area contributed by atoms with E-state index in [1.807, 2.05) is 37.4 Å². The van der Waals surface area contributed by atoms with Crippen molar-refractivity contribution < 1.29 is 9.53 Å². The Balaban J connectivity index is 1.50. The van der Waals surface area contributed by atoms with Crippen LogP contribution in [0.3, 0.4) is 0 Å². The standard InChI is InChI=1S/C29H33N7O2/c1-6-29(37)33-23-13-24(27(38-5)15-26(23)36-12-11-19(16-36)34(2)3)32-28-14-22(30-18-31-28)21-17-35(4)25-10-8-7-9-20(21)25/h6-10,13-15,17-19H,1,11-12,16H2,2-5H3,(H,33,37)(H,30,31,32)/t19-/m0/s1. The predicted octanol–water partition coefficient (Wildman–Crippen LogP) is 4.65. The number of nitrogens with one attached hydrogen (secondary N) is 2. The summed E-state index contributed by atoms with van der Waals surface area (Å²) < 4.78 is 7.87. The molecule has 0 bridgehead atoms. The van der Waals surface area contributed by atoms with Gasteiger partial charge in [-0.25, -0.2) is 9.97 Å². The van der Waals surface area contributed by atoms with Crippen molar-refractivity contribution in [3.8, 4) is 17.0 Å². The Kier molecular flexibility index (Phi) is 7.02. The zero-order valence-corrected chi connectivity index (χ0v) is 22.2. The maximum atomic E-state index is 12.3. The number of carbonyl (C=O) groups is 1. The van der Waals surface area contributed by atoms with Gasteiger partial charge in [0, 0.05) is 61.0 Å². The normalized spacial score (nSPS) is 15.2. The molecule has 9 nitrogen and oxygen atoms in total. The Morgan fingerprint density at radius 3 is 2.74 bits per heavy atom. The average molecular weight is 512 g/mol. The number of benzene rings is 2. The van der Waals surface area contributed by atoms with Crippen molar-refractivity contribution in [3.63, 3.8) is 0 Å². The van der Waals surface area contributed by atoms with Crippen LogP contribution < -0.4 is 20.3 Å². The molecule has 38 heavy (non-hydrogen) atoms. The summed E-state index contributed by atoms with van der Waals surface area (Å²) in [4.78, 5) is 25.8. The monoisotopic (exact) mass is 511 g/mol. The number of likely N-dealkylation sites (N-methyl/N-ethyl adjacent to an activating group) is 1. The fourth-order valence-electron chi connectivity index (χ4n) is 5.02. The quantitative estimate of drug-likeness (QED) is 0.333. The van der Waals surface area contributed by atoms with Crippen LogP contribution >= 0.6 is 0 Å². The average Bonchev–Trinajstić information content (AvgIpc) is 3.55. The van der Waals surface area contributed by atoms with Gasteiger partial charge in [0.2, 0.25) is 5.91 Å². The van der Waals surface area contributed by atoms with E-state index in [1.165, 1.54) is 6.08 Å². The highest BCUT2D eigenvalue weighted by Crippen LogP contribution is 2.40. The molecule has 1 atom stereocenters. The molecular formula is C29H33N7O2. The van der Waals surface area contributed by atoms with Gasteiger partial charge in [0.15, 0.2) is 0 Å². The lowest BCUT2D eigenvalue weighted by atomic mass is 10.1. The zero-order valence-electron chi connectivity index (χ0n) is 22.2. The maximum Gasteiger partial charge on any atom is 0.247 e. The van der Waals surface area contributed by atoms with Crippen molar-refractivity contribution in [1.29, 1.82) is 0 Å². The summed E-state index contributed by atoms with van der Waals surface area (Å²) in [5.74, 6) is 0.991. The number of ether oxygens (including phenoxy) is 1. The minimum absolute atomic E-state index is 0.272. The molecule has 0 radical (unpaired) electrons. The molecule has 0 aliphatic carbocycles.